The van der Waals surface area contributed by atoms with E-state index in [0.29, 0.717) is 40.0 Å². The molecular formula is C20H20N8O3S. The number of aromatic amines is 2. The summed E-state index contributed by atoms with van der Waals surface area (Å²) in [6, 6.07) is 5.71. The van der Waals surface area contributed by atoms with E-state index in [0.717, 1.165) is 17.7 Å². The molecule has 0 atom stereocenters. The third kappa shape index (κ3) is 3.92. The SMILES string of the molecule is NCCNC(=O)c1ccc(-c2cc(=NC3CC3)n3nc/c(=C/c4[nH]c(=O)[nH]c4O)c3n2)s1. The van der Waals surface area contributed by atoms with E-state index in [4.69, 9.17) is 15.7 Å². The Morgan fingerprint density at radius 1 is 1.41 bits per heavy atom. The Morgan fingerprint density at radius 2 is 2.25 bits per heavy atom. The fourth-order valence-corrected chi connectivity index (χ4v) is 4.08. The highest BCUT2D eigenvalue weighted by Crippen LogP contribution is 2.27. The molecule has 1 aliphatic rings. The lowest BCUT2D eigenvalue weighted by Crippen LogP contribution is -2.28. The number of nitrogens with one attached hydrogen (secondary N) is 3. The Morgan fingerprint density at radius 3 is 2.97 bits per heavy atom. The molecule has 11 nitrogen and oxygen atoms in total. The van der Waals surface area contributed by atoms with Gasteiger partial charge < -0.3 is 21.1 Å². The molecule has 4 heterocycles. The summed E-state index contributed by atoms with van der Waals surface area (Å²) in [5.41, 5.74) is 7.00. The van der Waals surface area contributed by atoms with E-state index in [1.54, 1.807) is 22.9 Å². The van der Waals surface area contributed by atoms with Gasteiger partial charge >= 0.3 is 5.69 Å². The van der Waals surface area contributed by atoms with Crippen molar-refractivity contribution in [1.82, 2.24) is 29.9 Å². The van der Waals surface area contributed by atoms with Crippen molar-refractivity contribution in [1.29, 1.82) is 0 Å². The third-order valence-corrected chi connectivity index (χ3v) is 6.00. The first-order valence-electron chi connectivity index (χ1n) is 10.1. The first-order chi connectivity index (χ1) is 15.5. The Bertz CT molecular complexity index is 1490. The maximum atomic E-state index is 12.3. The van der Waals surface area contributed by atoms with Crippen LogP contribution in [0.5, 0.6) is 5.88 Å². The van der Waals surface area contributed by atoms with Crippen molar-refractivity contribution < 1.29 is 9.90 Å². The minimum atomic E-state index is -0.512. The molecule has 5 rings (SSSR count). The monoisotopic (exact) mass is 452 g/mol. The number of hydrogen-bond acceptors (Lipinski definition) is 8. The number of hydrogen-bond donors (Lipinski definition) is 5. The summed E-state index contributed by atoms with van der Waals surface area (Å²) in [5, 5.41) is 17.7. The number of H-pyrrole nitrogens is 2. The van der Waals surface area contributed by atoms with Crippen molar-refractivity contribution in [3.05, 3.63) is 56.2 Å². The number of fused-ring (bicyclic) bond motifs is 1. The standard InChI is InChI=1S/C20H20N8O3S/c21-5-6-22-19(30)15-4-3-14(32-15)12-8-16(24-11-1-2-11)28-17(25-12)10(9-23-28)7-13-18(29)27-20(31)26-13/h3-4,7-9,11,29H,1-2,5-6,21H2,(H,22,30)(H2,26,27,31)/b10-7-,24-16?. The average Bonchev–Trinajstić information content (AvgIpc) is 3.16. The summed E-state index contributed by atoms with van der Waals surface area (Å²) in [6.07, 6.45) is 5.25. The van der Waals surface area contributed by atoms with Crippen molar-refractivity contribution >= 4 is 29.0 Å². The zero-order chi connectivity index (χ0) is 22.2. The molecule has 4 aromatic rings. The lowest BCUT2D eigenvalue weighted by Gasteiger charge is -2.01. The maximum Gasteiger partial charge on any atom is 0.326 e. The van der Waals surface area contributed by atoms with Crippen LogP contribution in [0.15, 0.2) is 34.2 Å². The molecule has 4 aromatic heterocycles. The molecule has 0 radical (unpaired) electrons. The van der Waals surface area contributed by atoms with Crippen molar-refractivity contribution in [2.45, 2.75) is 18.9 Å². The van der Waals surface area contributed by atoms with Gasteiger partial charge in [0, 0.05) is 24.4 Å². The minimum Gasteiger partial charge on any atom is -0.493 e. The van der Waals surface area contributed by atoms with Gasteiger partial charge in [0.25, 0.3) is 5.91 Å². The predicted octanol–water partition coefficient (Wildman–Crippen LogP) is -0.521. The second kappa shape index (κ2) is 8.05. The van der Waals surface area contributed by atoms with Crippen LogP contribution in [0.1, 0.15) is 28.2 Å². The Labute approximate surface area is 184 Å². The van der Waals surface area contributed by atoms with Crippen LogP contribution in [-0.4, -0.2) is 54.7 Å². The molecule has 0 bridgehead atoms. The predicted molar refractivity (Wildman–Crippen MR) is 118 cm³/mol. The van der Waals surface area contributed by atoms with Crippen LogP contribution in [-0.2, 0) is 0 Å². The van der Waals surface area contributed by atoms with E-state index < -0.39 is 5.69 Å². The van der Waals surface area contributed by atoms with Gasteiger partial charge in [0.05, 0.1) is 27.7 Å². The quantitative estimate of drug-likeness (QED) is 0.264. The number of carbonyl (C=O) groups is 1. The largest absolute Gasteiger partial charge is 0.493 e. The molecule has 1 amide bonds. The van der Waals surface area contributed by atoms with Gasteiger partial charge in [-0.2, -0.15) is 9.61 Å². The Hall–Kier alpha value is -3.77. The van der Waals surface area contributed by atoms with Gasteiger partial charge in [0.1, 0.15) is 5.69 Å². The van der Waals surface area contributed by atoms with Gasteiger partial charge in [-0.3, -0.25) is 14.8 Å². The first-order valence-corrected chi connectivity index (χ1v) is 10.9. The average molecular weight is 453 g/mol. The molecule has 1 aliphatic carbocycles. The van der Waals surface area contributed by atoms with Crippen LogP contribution in [0, 0.1) is 0 Å². The molecule has 1 fully saturated rings. The zero-order valence-corrected chi connectivity index (χ0v) is 17.6. The number of aromatic nitrogens is 5. The van der Waals surface area contributed by atoms with Crippen LogP contribution >= 0.6 is 11.3 Å². The summed E-state index contributed by atoms with van der Waals surface area (Å²) < 4.78 is 1.64. The normalized spacial score (nSPS) is 15.0. The summed E-state index contributed by atoms with van der Waals surface area (Å²) in [6.45, 7) is 0.778. The van der Waals surface area contributed by atoms with Crippen molar-refractivity contribution in [2.75, 3.05) is 13.1 Å². The second-order valence-corrected chi connectivity index (χ2v) is 8.47. The van der Waals surface area contributed by atoms with Crippen LogP contribution in [0.25, 0.3) is 22.3 Å². The van der Waals surface area contributed by atoms with Gasteiger partial charge in [-0.15, -0.1) is 11.3 Å². The number of rotatable bonds is 6. The van der Waals surface area contributed by atoms with E-state index in [1.165, 1.54) is 11.3 Å². The summed E-state index contributed by atoms with van der Waals surface area (Å²) in [5.74, 6) is -0.444. The lowest BCUT2D eigenvalue weighted by molar-refractivity contribution is 0.0959. The fourth-order valence-electron chi connectivity index (χ4n) is 3.19. The molecule has 1 saturated carbocycles. The number of aromatic hydroxyl groups is 1. The highest BCUT2D eigenvalue weighted by molar-refractivity contribution is 7.17. The smallest absolute Gasteiger partial charge is 0.326 e. The summed E-state index contributed by atoms with van der Waals surface area (Å²) in [4.78, 5) is 39.4. The number of nitrogens with two attached hydrogens (primary N) is 1. The van der Waals surface area contributed by atoms with Gasteiger partial charge in [-0.1, -0.05) is 0 Å². The molecule has 0 aromatic carbocycles. The number of thiophene rings is 1. The van der Waals surface area contributed by atoms with Gasteiger partial charge in [-0.25, -0.2) is 9.78 Å². The highest BCUT2D eigenvalue weighted by atomic mass is 32.1. The van der Waals surface area contributed by atoms with Crippen molar-refractivity contribution in [3.8, 4) is 16.5 Å². The minimum absolute atomic E-state index is 0.180. The molecule has 6 N–H and O–H groups in total. The number of amides is 1. The van der Waals surface area contributed by atoms with E-state index in [-0.39, 0.29) is 23.5 Å². The van der Waals surface area contributed by atoms with Crippen molar-refractivity contribution in [2.24, 2.45) is 10.7 Å². The summed E-state index contributed by atoms with van der Waals surface area (Å²) in [7, 11) is 0. The maximum absolute atomic E-state index is 12.3. The molecule has 0 aliphatic heterocycles. The van der Waals surface area contributed by atoms with Crippen LogP contribution in [0.4, 0.5) is 0 Å². The second-order valence-electron chi connectivity index (χ2n) is 7.39. The van der Waals surface area contributed by atoms with E-state index in [9.17, 15) is 14.7 Å². The molecule has 0 spiro atoms. The summed E-state index contributed by atoms with van der Waals surface area (Å²) >= 11 is 1.33. The third-order valence-electron chi connectivity index (χ3n) is 4.89. The number of carbonyl (C=O) groups excluding carboxylic acids is 1. The zero-order valence-electron chi connectivity index (χ0n) is 16.8. The molecule has 164 valence electrons. The number of imidazole rings is 1. The Kier molecular flexibility index (Phi) is 5.07. The van der Waals surface area contributed by atoms with Crippen LogP contribution < -0.4 is 27.4 Å². The Balaban J connectivity index is 1.64. The molecular weight excluding hydrogens is 432 g/mol. The first kappa shape index (κ1) is 20.2. The lowest BCUT2D eigenvalue weighted by atomic mass is 10.3. The molecule has 12 heteroatoms. The topological polar surface area (TPSA) is 167 Å². The van der Waals surface area contributed by atoms with E-state index >= 15 is 0 Å². The van der Waals surface area contributed by atoms with Crippen molar-refractivity contribution in [3.63, 3.8) is 0 Å². The molecule has 0 saturated heterocycles. The molecule has 0 unspecified atom stereocenters. The fraction of sp³-hybridized carbons (Fsp3) is 0.250. The van der Waals surface area contributed by atoms with Crippen LogP contribution in [0.3, 0.4) is 0 Å². The van der Waals surface area contributed by atoms with Crippen LogP contribution in [0.2, 0.25) is 0 Å². The van der Waals surface area contributed by atoms with E-state index in [2.05, 4.69) is 20.4 Å². The number of nitrogens with zero attached hydrogens (tertiary/aromatic N) is 4. The van der Waals surface area contributed by atoms with Gasteiger partial charge in [-0.05, 0) is 31.1 Å². The van der Waals surface area contributed by atoms with Gasteiger partial charge in [0.15, 0.2) is 11.1 Å². The molecule has 32 heavy (non-hydrogen) atoms. The highest BCUT2D eigenvalue weighted by Gasteiger charge is 2.21. The van der Waals surface area contributed by atoms with E-state index in [1.807, 2.05) is 12.1 Å². The van der Waals surface area contributed by atoms with Gasteiger partial charge in [0.2, 0.25) is 5.88 Å².